The van der Waals surface area contributed by atoms with Gasteiger partial charge in [0.25, 0.3) is 0 Å². The fourth-order valence-corrected chi connectivity index (χ4v) is 6.35. The minimum atomic E-state index is -1.03. The maximum absolute atomic E-state index is 13.5. The second-order valence-electron chi connectivity index (χ2n) is 9.45. The summed E-state index contributed by atoms with van der Waals surface area (Å²) in [7, 11) is 3.01. The Balaban J connectivity index is 1.60. The van der Waals surface area contributed by atoms with Gasteiger partial charge in [0.05, 0.1) is 19.6 Å². The van der Waals surface area contributed by atoms with E-state index in [2.05, 4.69) is 0 Å². The van der Waals surface area contributed by atoms with E-state index in [1.54, 1.807) is 7.11 Å². The van der Waals surface area contributed by atoms with Crippen LogP contribution in [-0.2, 0) is 36.9 Å². The minimum absolute atomic E-state index is 0.0872. The van der Waals surface area contributed by atoms with E-state index >= 15 is 0 Å². The van der Waals surface area contributed by atoms with Crippen molar-refractivity contribution in [3.8, 4) is 5.75 Å². The predicted molar refractivity (Wildman–Crippen MR) is 120 cm³/mol. The molecule has 0 saturated heterocycles. The van der Waals surface area contributed by atoms with Gasteiger partial charge in [-0.25, -0.2) is 0 Å². The van der Waals surface area contributed by atoms with Crippen LogP contribution in [0.4, 0.5) is 0 Å². The Bertz CT molecular complexity index is 1120. The monoisotopic (exact) mass is 448 g/mol. The van der Waals surface area contributed by atoms with E-state index in [4.69, 9.17) is 14.2 Å². The first-order valence-corrected chi connectivity index (χ1v) is 11.4. The highest BCUT2D eigenvalue weighted by Crippen LogP contribution is 2.69. The van der Waals surface area contributed by atoms with Crippen LogP contribution >= 0.6 is 0 Å². The molecular weight excluding hydrogens is 420 g/mol. The first-order chi connectivity index (χ1) is 15.9. The molecule has 0 bridgehead atoms. The predicted octanol–water partition coefficient (Wildman–Crippen LogP) is 3.77. The molecule has 5 atom stereocenters. The van der Waals surface area contributed by atoms with Crippen LogP contribution in [0.25, 0.3) is 0 Å². The van der Waals surface area contributed by atoms with Crippen molar-refractivity contribution in [2.75, 3.05) is 14.2 Å². The number of benzene rings is 2. The number of methoxy groups -OCH3 is 2. The molecule has 33 heavy (non-hydrogen) atoms. The zero-order chi connectivity index (χ0) is 23.3. The molecule has 2 aromatic rings. The van der Waals surface area contributed by atoms with E-state index in [9.17, 15) is 14.4 Å². The third-order valence-electron chi connectivity index (χ3n) is 7.86. The fraction of sp³-hybridized carbons (Fsp3) is 0.444. The van der Waals surface area contributed by atoms with E-state index in [-0.39, 0.29) is 30.2 Å². The molecule has 2 saturated carbocycles. The van der Waals surface area contributed by atoms with Crippen molar-refractivity contribution in [2.24, 2.45) is 23.2 Å². The van der Waals surface area contributed by atoms with Gasteiger partial charge in [-0.2, -0.15) is 0 Å². The third kappa shape index (κ3) is 3.26. The van der Waals surface area contributed by atoms with Crippen LogP contribution in [0.15, 0.2) is 42.5 Å². The Morgan fingerprint density at radius 3 is 2.58 bits per heavy atom. The molecule has 0 aromatic heterocycles. The van der Waals surface area contributed by atoms with Gasteiger partial charge in [0.2, 0.25) is 0 Å². The SMILES string of the molecule is COC(=O)[C@]12CCc3cc(OC)cc(C)c3[C@H]1[C@H](C(=O)OCc1ccccc1)C(=O)[C@@H]1C[C@@H]12. The number of aryl methyl sites for hydroxylation is 2. The second-order valence-corrected chi connectivity index (χ2v) is 9.45. The van der Waals surface area contributed by atoms with Gasteiger partial charge >= 0.3 is 11.9 Å². The summed E-state index contributed by atoms with van der Waals surface area (Å²) in [4.78, 5) is 40.3. The summed E-state index contributed by atoms with van der Waals surface area (Å²) in [5.41, 5.74) is 2.78. The van der Waals surface area contributed by atoms with Gasteiger partial charge in [0.15, 0.2) is 5.78 Å². The molecule has 2 aromatic carbocycles. The van der Waals surface area contributed by atoms with Gasteiger partial charge in [-0.15, -0.1) is 0 Å². The zero-order valence-electron chi connectivity index (χ0n) is 19.1. The highest BCUT2D eigenvalue weighted by atomic mass is 16.5. The molecular formula is C27H28O6. The van der Waals surface area contributed by atoms with Gasteiger partial charge in [-0.3, -0.25) is 14.4 Å². The molecule has 0 N–H and O–H groups in total. The maximum atomic E-state index is 13.5. The Kier molecular flexibility index (Phi) is 5.26. The summed E-state index contributed by atoms with van der Waals surface area (Å²) in [6, 6.07) is 13.3. The van der Waals surface area contributed by atoms with Crippen molar-refractivity contribution >= 4 is 17.7 Å². The largest absolute Gasteiger partial charge is 0.497 e. The van der Waals surface area contributed by atoms with Crippen LogP contribution in [0.1, 0.15) is 41.0 Å². The number of fused-ring (bicyclic) bond motifs is 5. The molecule has 0 heterocycles. The number of carbonyl (C=O) groups is 3. The maximum Gasteiger partial charge on any atom is 0.317 e. The lowest BCUT2D eigenvalue weighted by Gasteiger charge is -2.48. The highest BCUT2D eigenvalue weighted by Gasteiger charge is 2.72. The Morgan fingerprint density at radius 2 is 1.88 bits per heavy atom. The summed E-state index contributed by atoms with van der Waals surface area (Å²) >= 11 is 0. The Morgan fingerprint density at radius 1 is 1.12 bits per heavy atom. The molecule has 0 amide bonds. The lowest BCUT2D eigenvalue weighted by Crippen LogP contribution is -2.54. The normalized spacial score (nSPS) is 29.2. The number of rotatable bonds is 5. The summed E-state index contributed by atoms with van der Waals surface area (Å²) in [6.07, 6.45) is 1.83. The van der Waals surface area contributed by atoms with Crippen LogP contribution in [0.3, 0.4) is 0 Å². The molecule has 3 aliphatic rings. The lowest BCUT2D eigenvalue weighted by atomic mass is 9.53. The standard InChI is InChI=1S/C27H28O6/c1-15-11-18(31-2)12-17-9-10-27(26(30)32-3)20-13-19(20)24(28)22(23(27)21(15)17)25(29)33-14-16-7-5-4-6-8-16/h4-8,11-12,19-20,22-23H,9-10,13-14H2,1-3H3/t19-,20+,22+,23+,27+/m1/s1. The summed E-state index contributed by atoms with van der Waals surface area (Å²) < 4.78 is 16.4. The number of carbonyl (C=O) groups excluding carboxylic acids is 3. The molecule has 3 aliphatic carbocycles. The van der Waals surface area contributed by atoms with Crippen molar-refractivity contribution in [1.82, 2.24) is 0 Å². The Hall–Kier alpha value is -3.15. The molecule has 5 rings (SSSR count). The van der Waals surface area contributed by atoms with Crippen molar-refractivity contribution < 1.29 is 28.6 Å². The summed E-state index contributed by atoms with van der Waals surface area (Å²) in [5, 5.41) is 0. The molecule has 6 nitrogen and oxygen atoms in total. The molecule has 6 heteroatoms. The average Bonchev–Trinajstić information content (AvgIpc) is 3.64. The number of hydrogen-bond acceptors (Lipinski definition) is 6. The van der Waals surface area contributed by atoms with E-state index in [0.29, 0.717) is 19.3 Å². The van der Waals surface area contributed by atoms with E-state index in [0.717, 1.165) is 28.0 Å². The van der Waals surface area contributed by atoms with E-state index < -0.39 is 23.2 Å². The second kappa shape index (κ2) is 8.01. The van der Waals surface area contributed by atoms with Gasteiger partial charge in [0.1, 0.15) is 18.3 Å². The van der Waals surface area contributed by atoms with Crippen molar-refractivity contribution in [2.45, 2.75) is 38.7 Å². The fourth-order valence-electron chi connectivity index (χ4n) is 6.35. The van der Waals surface area contributed by atoms with Gasteiger partial charge in [0, 0.05) is 11.8 Å². The molecule has 2 fully saturated rings. The lowest BCUT2D eigenvalue weighted by molar-refractivity contribution is -0.168. The van der Waals surface area contributed by atoms with Crippen LogP contribution in [0.2, 0.25) is 0 Å². The Labute approximate surface area is 193 Å². The van der Waals surface area contributed by atoms with Crippen molar-refractivity contribution in [1.29, 1.82) is 0 Å². The number of Topliss-reactive ketones (excluding diaryl/α,β-unsaturated/α-hetero) is 1. The summed E-state index contributed by atoms with van der Waals surface area (Å²) in [5.74, 6) is -2.26. The number of hydrogen-bond donors (Lipinski definition) is 0. The smallest absolute Gasteiger partial charge is 0.317 e. The summed E-state index contributed by atoms with van der Waals surface area (Å²) in [6.45, 7) is 2.04. The number of ketones is 1. The first-order valence-electron chi connectivity index (χ1n) is 11.4. The number of ether oxygens (including phenoxy) is 3. The van der Waals surface area contributed by atoms with Gasteiger partial charge in [-0.1, -0.05) is 30.3 Å². The van der Waals surface area contributed by atoms with Crippen LogP contribution in [-0.4, -0.2) is 31.9 Å². The van der Waals surface area contributed by atoms with Crippen LogP contribution < -0.4 is 4.74 Å². The number of esters is 2. The van der Waals surface area contributed by atoms with Crippen molar-refractivity contribution in [3.63, 3.8) is 0 Å². The average molecular weight is 449 g/mol. The van der Waals surface area contributed by atoms with Gasteiger partial charge < -0.3 is 14.2 Å². The zero-order valence-corrected chi connectivity index (χ0v) is 19.1. The highest BCUT2D eigenvalue weighted by molar-refractivity contribution is 6.06. The van der Waals surface area contributed by atoms with Gasteiger partial charge in [-0.05, 0) is 66.5 Å². The topological polar surface area (TPSA) is 78.9 Å². The quantitative estimate of drug-likeness (QED) is 0.512. The van der Waals surface area contributed by atoms with Crippen molar-refractivity contribution in [3.05, 3.63) is 64.7 Å². The molecule has 172 valence electrons. The minimum Gasteiger partial charge on any atom is -0.497 e. The molecule has 0 spiro atoms. The third-order valence-corrected chi connectivity index (χ3v) is 7.86. The van der Waals surface area contributed by atoms with E-state index in [1.165, 1.54) is 7.11 Å². The molecule has 0 radical (unpaired) electrons. The first kappa shape index (κ1) is 21.7. The molecule has 0 aliphatic heterocycles. The van der Waals surface area contributed by atoms with Crippen LogP contribution in [0, 0.1) is 30.1 Å². The molecule has 0 unspecified atom stereocenters. The van der Waals surface area contributed by atoms with Crippen LogP contribution in [0.5, 0.6) is 5.75 Å². The van der Waals surface area contributed by atoms with E-state index in [1.807, 2.05) is 49.4 Å².